The maximum Gasteiger partial charge on any atom is 0.237 e. The number of aromatic nitrogens is 9. The van der Waals surface area contributed by atoms with Gasteiger partial charge in [0.2, 0.25) is 5.95 Å². The van der Waals surface area contributed by atoms with Crippen LogP contribution in [0.5, 0.6) is 0 Å². The number of hydrogen-bond donors (Lipinski definition) is 0. The highest BCUT2D eigenvalue weighted by atomic mass is 15.4. The van der Waals surface area contributed by atoms with Crippen molar-refractivity contribution in [2.24, 2.45) is 0 Å². The van der Waals surface area contributed by atoms with E-state index in [2.05, 4.69) is 55.2 Å². The molecule has 6 rings (SSSR count). The van der Waals surface area contributed by atoms with Gasteiger partial charge in [-0.1, -0.05) is 19.1 Å². The second kappa shape index (κ2) is 7.59. The van der Waals surface area contributed by atoms with Gasteiger partial charge in [0.25, 0.3) is 0 Å². The van der Waals surface area contributed by atoms with Crippen molar-refractivity contribution in [3.8, 4) is 22.8 Å². The number of fused-ring (bicyclic) bond motifs is 3. The van der Waals surface area contributed by atoms with Gasteiger partial charge >= 0.3 is 0 Å². The molecule has 162 valence electrons. The van der Waals surface area contributed by atoms with Crippen LogP contribution in [0.4, 0.5) is 11.5 Å². The quantitative estimate of drug-likeness (QED) is 0.421. The van der Waals surface area contributed by atoms with E-state index in [0.717, 1.165) is 46.3 Å². The van der Waals surface area contributed by atoms with Crippen LogP contribution in [0.2, 0.25) is 0 Å². The number of nitrogens with zero attached hydrogens (tertiary/aromatic N) is 10. The number of anilines is 2. The Morgan fingerprint density at radius 2 is 1.88 bits per heavy atom. The summed E-state index contributed by atoms with van der Waals surface area (Å²) in [6.45, 7) is 4.12. The first-order valence-corrected chi connectivity index (χ1v) is 10.7. The Morgan fingerprint density at radius 3 is 2.67 bits per heavy atom. The molecule has 0 bridgehead atoms. The smallest absolute Gasteiger partial charge is 0.237 e. The van der Waals surface area contributed by atoms with E-state index in [1.807, 2.05) is 40.7 Å². The summed E-state index contributed by atoms with van der Waals surface area (Å²) in [6.07, 6.45) is 13.0. The van der Waals surface area contributed by atoms with Crippen molar-refractivity contribution < 1.29 is 0 Å². The Hall–Kier alpha value is -4.47. The fourth-order valence-electron chi connectivity index (χ4n) is 4.34. The highest BCUT2D eigenvalue weighted by Crippen LogP contribution is 2.44. The van der Waals surface area contributed by atoms with Gasteiger partial charge in [-0.2, -0.15) is 4.98 Å². The van der Waals surface area contributed by atoms with Crippen LogP contribution in [0.3, 0.4) is 0 Å². The molecule has 0 N–H and O–H groups in total. The first kappa shape index (κ1) is 19.2. The van der Waals surface area contributed by atoms with Crippen molar-refractivity contribution in [1.29, 1.82) is 0 Å². The molecule has 1 aromatic carbocycles. The van der Waals surface area contributed by atoms with Gasteiger partial charge < -0.3 is 4.90 Å². The normalized spacial score (nSPS) is 14.7. The Bertz CT molecular complexity index is 1430. The Labute approximate surface area is 189 Å². The molecule has 0 spiro atoms. The average molecular weight is 436 g/mol. The van der Waals surface area contributed by atoms with Crippen molar-refractivity contribution in [3.63, 3.8) is 0 Å². The molecule has 0 radical (unpaired) electrons. The standard InChI is InChI=1S/C23H20N10/c1-3-19-21-30-27-14-32(21)20-15(2)28-23(31-8-7-24-13-31)29-22(20)33(19)18-6-4-5-16(9-18)17-10-25-12-26-11-17/h4-14,19H,3H2,1-2H3. The number of imidazole rings is 1. The van der Waals surface area contributed by atoms with Crippen LogP contribution < -0.4 is 4.90 Å². The SMILES string of the molecule is CCC1c2nncn2-c2c(C)nc(-n3ccnc3)nc2N1c1cccc(-c2cncnc2)c1. The van der Waals surface area contributed by atoms with Crippen molar-refractivity contribution in [3.05, 3.63) is 79.6 Å². The second-order valence-electron chi connectivity index (χ2n) is 7.78. The molecular weight excluding hydrogens is 416 g/mol. The minimum absolute atomic E-state index is 0.0489. The van der Waals surface area contributed by atoms with Crippen LogP contribution in [-0.4, -0.2) is 44.3 Å². The number of hydrogen-bond acceptors (Lipinski definition) is 8. The first-order valence-electron chi connectivity index (χ1n) is 10.7. The molecule has 1 aliphatic rings. The van der Waals surface area contributed by atoms with Crippen LogP contribution in [0.15, 0.2) is 68.0 Å². The predicted molar refractivity (Wildman–Crippen MR) is 121 cm³/mol. The first-order chi connectivity index (χ1) is 16.2. The molecule has 5 aromatic rings. The lowest BCUT2D eigenvalue weighted by molar-refractivity contribution is 0.586. The molecule has 10 heteroatoms. The molecule has 0 aliphatic carbocycles. The molecule has 0 saturated carbocycles. The van der Waals surface area contributed by atoms with Crippen molar-refractivity contribution in [2.75, 3.05) is 4.90 Å². The van der Waals surface area contributed by atoms with Crippen LogP contribution >= 0.6 is 0 Å². The van der Waals surface area contributed by atoms with E-state index in [1.54, 1.807) is 18.9 Å². The molecule has 0 fully saturated rings. The Balaban J connectivity index is 1.59. The van der Waals surface area contributed by atoms with Crippen molar-refractivity contribution in [1.82, 2.24) is 44.3 Å². The van der Waals surface area contributed by atoms with Gasteiger partial charge in [-0.05, 0) is 31.0 Å². The summed E-state index contributed by atoms with van der Waals surface area (Å²) in [5.74, 6) is 2.22. The van der Waals surface area contributed by atoms with E-state index in [9.17, 15) is 0 Å². The molecule has 0 saturated heterocycles. The zero-order valence-corrected chi connectivity index (χ0v) is 18.1. The Kier molecular flexibility index (Phi) is 4.42. The molecule has 10 nitrogen and oxygen atoms in total. The van der Waals surface area contributed by atoms with Crippen LogP contribution in [0, 0.1) is 6.92 Å². The lowest BCUT2D eigenvalue weighted by Crippen LogP contribution is -2.33. The number of rotatable bonds is 4. The molecule has 1 aliphatic heterocycles. The van der Waals surface area contributed by atoms with Gasteiger partial charge in [-0.3, -0.25) is 9.13 Å². The molecule has 33 heavy (non-hydrogen) atoms. The summed E-state index contributed by atoms with van der Waals surface area (Å²) >= 11 is 0. The number of benzene rings is 1. The van der Waals surface area contributed by atoms with E-state index < -0.39 is 0 Å². The minimum atomic E-state index is -0.0489. The second-order valence-corrected chi connectivity index (χ2v) is 7.78. The maximum absolute atomic E-state index is 4.99. The van der Waals surface area contributed by atoms with Gasteiger partial charge in [0.15, 0.2) is 11.6 Å². The summed E-state index contributed by atoms with van der Waals surface area (Å²) in [5.41, 5.74) is 4.67. The third kappa shape index (κ3) is 3.06. The van der Waals surface area contributed by atoms with Gasteiger partial charge in [0.1, 0.15) is 24.7 Å². The van der Waals surface area contributed by atoms with E-state index in [1.165, 1.54) is 6.33 Å². The van der Waals surface area contributed by atoms with Crippen LogP contribution in [0.1, 0.15) is 30.9 Å². The van der Waals surface area contributed by atoms with Crippen molar-refractivity contribution >= 4 is 11.5 Å². The van der Waals surface area contributed by atoms with Gasteiger partial charge in [-0.25, -0.2) is 19.9 Å². The van der Waals surface area contributed by atoms with E-state index >= 15 is 0 Å². The molecule has 5 heterocycles. The lowest BCUT2D eigenvalue weighted by atomic mass is 10.0. The topological polar surface area (TPSA) is 103 Å². The Morgan fingerprint density at radius 1 is 1.00 bits per heavy atom. The number of aryl methyl sites for hydroxylation is 1. The lowest BCUT2D eigenvalue weighted by Gasteiger charge is -2.37. The van der Waals surface area contributed by atoms with Crippen LogP contribution in [0.25, 0.3) is 22.8 Å². The fraction of sp³-hybridized carbons (Fsp3) is 0.174. The molecule has 0 amide bonds. The highest BCUT2D eigenvalue weighted by Gasteiger charge is 2.36. The predicted octanol–water partition coefficient (Wildman–Crippen LogP) is 3.61. The third-order valence-electron chi connectivity index (χ3n) is 5.82. The van der Waals surface area contributed by atoms with E-state index in [4.69, 9.17) is 9.97 Å². The van der Waals surface area contributed by atoms with E-state index in [0.29, 0.717) is 5.95 Å². The van der Waals surface area contributed by atoms with E-state index in [-0.39, 0.29) is 6.04 Å². The molecule has 1 atom stereocenters. The fourth-order valence-corrected chi connectivity index (χ4v) is 4.34. The summed E-state index contributed by atoms with van der Waals surface area (Å²) < 4.78 is 3.81. The summed E-state index contributed by atoms with van der Waals surface area (Å²) in [5, 5.41) is 8.66. The zero-order valence-electron chi connectivity index (χ0n) is 18.1. The highest BCUT2D eigenvalue weighted by molar-refractivity contribution is 5.76. The largest absolute Gasteiger partial charge is 0.314 e. The molecular formula is C23H20N10. The summed E-state index contributed by atoms with van der Waals surface area (Å²) in [6, 6.07) is 8.26. The summed E-state index contributed by atoms with van der Waals surface area (Å²) in [7, 11) is 0. The zero-order chi connectivity index (χ0) is 22.4. The van der Waals surface area contributed by atoms with Gasteiger partial charge in [-0.15, -0.1) is 10.2 Å². The maximum atomic E-state index is 4.99. The molecule has 1 unspecified atom stereocenters. The minimum Gasteiger partial charge on any atom is -0.314 e. The van der Waals surface area contributed by atoms with Gasteiger partial charge in [0, 0.05) is 36.0 Å². The van der Waals surface area contributed by atoms with Gasteiger partial charge in [0.05, 0.1) is 11.7 Å². The molecule has 4 aromatic heterocycles. The van der Waals surface area contributed by atoms with Crippen molar-refractivity contribution in [2.45, 2.75) is 26.3 Å². The monoisotopic (exact) mass is 436 g/mol. The third-order valence-corrected chi connectivity index (χ3v) is 5.82. The van der Waals surface area contributed by atoms with Crippen LogP contribution in [-0.2, 0) is 0 Å². The summed E-state index contributed by atoms with van der Waals surface area (Å²) in [4.78, 5) is 24.5. The average Bonchev–Trinajstić information content (AvgIpc) is 3.56.